The van der Waals surface area contributed by atoms with Crippen molar-refractivity contribution >= 4 is 33.0 Å². The first kappa shape index (κ1) is 15.3. The molecule has 0 spiro atoms. The van der Waals surface area contributed by atoms with Gasteiger partial charge in [0.25, 0.3) is 5.91 Å². The fraction of sp³-hybridized carbons (Fsp3) is 0.278. The normalized spacial score (nSPS) is 17.6. The van der Waals surface area contributed by atoms with Gasteiger partial charge in [-0.25, -0.2) is 9.97 Å². The summed E-state index contributed by atoms with van der Waals surface area (Å²) in [7, 11) is 2.00. The Morgan fingerprint density at radius 3 is 2.96 bits per heavy atom. The summed E-state index contributed by atoms with van der Waals surface area (Å²) in [5.41, 5.74) is 2.52. The molecule has 1 fully saturated rings. The molecular formula is C18H17BrN4O. The van der Waals surface area contributed by atoms with E-state index in [4.69, 9.17) is 4.98 Å². The molecule has 24 heavy (non-hydrogen) atoms. The van der Waals surface area contributed by atoms with E-state index in [-0.39, 0.29) is 11.8 Å². The molecule has 1 aromatic carbocycles. The summed E-state index contributed by atoms with van der Waals surface area (Å²) in [6, 6.07) is 11.4. The van der Waals surface area contributed by atoms with E-state index >= 15 is 0 Å². The van der Waals surface area contributed by atoms with Gasteiger partial charge in [-0.15, -0.1) is 0 Å². The van der Waals surface area contributed by atoms with E-state index in [9.17, 15) is 4.79 Å². The van der Waals surface area contributed by atoms with Gasteiger partial charge in [-0.1, -0.05) is 22.0 Å². The molecule has 1 amide bonds. The van der Waals surface area contributed by atoms with Gasteiger partial charge in [0.2, 0.25) is 0 Å². The van der Waals surface area contributed by atoms with Crippen LogP contribution in [0.4, 0.5) is 0 Å². The molecule has 0 N–H and O–H groups in total. The minimum atomic E-state index is 0.0793. The van der Waals surface area contributed by atoms with Crippen LogP contribution in [0.2, 0.25) is 0 Å². The summed E-state index contributed by atoms with van der Waals surface area (Å²) in [5.74, 6) is 1.34. The second-order valence-electron chi connectivity index (χ2n) is 6.12. The maximum atomic E-state index is 12.7. The van der Waals surface area contributed by atoms with Crippen LogP contribution in [0.5, 0.6) is 0 Å². The molecule has 1 atom stereocenters. The summed E-state index contributed by atoms with van der Waals surface area (Å²) >= 11 is 3.43. The zero-order valence-electron chi connectivity index (χ0n) is 13.3. The standard InChI is InChI=1S/C18H17BrN4O/c1-22-16(21-15-6-3-8-20-17(15)22)13-7-9-23(11-13)18(24)12-4-2-5-14(19)10-12/h2-6,8,10,13H,7,9,11H2,1H3/t13-/m0/s1. The molecular weight excluding hydrogens is 368 g/mol. The second kappa shape index (κ2) is 6.02. The molecule has 0 bridgehead atoms. The van der Waals surface area contributed by atoms with E-state index in [1.807, 2.05) is 52.9 Å². The summed E-state index contributed by atoms with van der Waals surface area (Å²) in [6.45, 7) is 1.45. The SMILES string of the molecule is Cn1c([C@H]2CCN(C(=O)c3cccc(Br)c3)C2)nc2cccnc21. The summed E-state index contributed by atoms with van der Waals surface area (Å²) < 4.78 is 2.97. The number of hydrogen-bond donors (Lipinski definition) is 0. The van der Waals surface area contributed by atoms with Crippen molar-refractivity contribution in [3.8, 4) is 0 Å². The highest BCUT2D eigenvalue weighted by atomic mass is 79.9. The molecule has 6 heteroatoms. The number of likely N-dealkylation sites (tertiary alicyclic amines) is 1. The quantitative estimate of drug-likeness (QED) is 0.680. The third-order valence-electron chi connectivity index (χ3n) is 4.57. The number of hydrogen-bond acceptors (Lipinski definition) is 3. The van der Waals surface area contributed by atoms with E-state index in [0.29, 0.717) is 6.54 Å². The molecule has 0 aliphatic carbocycles. The van der Waals surface area contributed by atoms with Crippen LogP contribution in [-0.2, 0) is 7.05 Å². The van der Waals surface area contributed by atoms with Crippen molar-refractivity contribution in [2.45, 2.75) is 12.3 Å². The monoisotopic (exact) mass is 384 g/mol. The van der Waals surface area contributed by atoms with Gasteiger partial charge in [0, 0.05) is 42.3 Å². The van der Waals surface area contributed by atoms with Gasteiger partial charge in [-0.05, 0) is 36.8 Å². The lowest BCUT2D eigenvalue weighted by molar-refractivity contribution is 0.0790. The number of aryl methyl sites for hydroxylation is 1. The van der Waals surface area contributed by atoms with E-state index in [0.717, 1.165) is 40.0 Å². The molecule has 1 aliphatic rings. The number of imidazole rings is 1. The minimum absolute atomic E-state index is 0.0793. The summed E-state index contributed by atoms with van der Waals surface area (Å²) in [5, 5.41) is 0. The van der Waals surface area contributed by atoms with Gasteiger partial charge >= 0.3 is 0 Å². The first-order chi connectivity index (χ1) is 11.6. The fourth-order valence-electron chi connectivity index (χ4n) is 3.37. The molecule has 1 saturated heterocycles. The van der Waals surface area contributed by atoms with Gasteiger partial charge in [-0.2, -0.15) is 0 Å². The van der Waals surface area contributed by atoms with Crippen molar-refractivity contribution in [3.63, 3.8) is 0 Å². The molecule has 3 heterocycles. The number of fused-ring (bicyclic) bond motifs is 1. The molecule has 0 radical (unpaired) electrons. The van der Waals surface area contributed by atoms with Gasteiger partial charge in [0.1, 0.15) is 11.3 Å². The van der Waals surface area contributed by atoms with Crippen molar-refractivity contribution < 1.29 is 4.79 Å². The molecule has 3 aromatic rings. The van der Waals surface area contributed by atoms with Crippen molar-refractivity contribution in [2.24, 2.45) is 7.05 Å². The average molecular weight is 385 g/mol. The highest BCUT2D eigenvalue weighted by Crippen LogP contribution is 2.29. The van der Waals surface area contributed by atoms with Crippen LogP contribution in [0, 0.1) is 0 Å². The van der Waals surface area contributed by atoms with Gasteiger partial charge in [0.05, 0.1) is 0 Å². The Morgan fingerprint density at radius 2 is 2.17 bits per heavy atom. The number of carbonyl (C=O) groups excluding carboxylic acids is 1. The Kier molecular flexibility index (Phi) is 3.84. The Morgan fingerprint density at radius 1 is 1.29 bits per heavy atom. The van der Waals surface area contributed by atoms with Crippen LogP contribution in [0.1, 0.15) is 28.5 Å². The average Bonchev–Trinajstić information content (AvgIpc) is 3.20. The maximum absolute atomic E-state index is 12.7. The van der Waals surface area contributed by atoms with Crippen LogP contribution >= 0.6 is 15.9 Å². The molecule has 1 aliphatic heterocycles. The van der Waals surface area contributed by atoms with Crippen LogP contribution in [0.15, 0.2) is 47.1 Å². The van der Waals surface area contributed by atoms with E-state index < -0.39 is 0 Å². The Bertz CT molecular complexity index is 920. The number of halogens is 1. The largest absolute Gasteiger partial charge is 0.338 e. The number of nitrogens with zero attached hydrogens (tertiary/aromatic N) is 4. The number of pyridine rings is 1. The molecule has 4 rings (SSSR count). The smallest absolute Gasteiger partial charge is 0.253 e. The number of amides is 1. The van der Waals surface area contributed by atoms with Crippen molar-refractivity contribution in [2.75, 3.05) is 13.1 Å². The predicted molar refractivity (Wildman–Crippen MR) is 95.9 cm³/mol. The van der Waals surface area contributed by atoms with Gasteiger partial charge in [0.15, 0.2) is 5.65 Å². The highest BCUT2D eigenvalue weighted by Gasteiger charge is 2.31. The second-order valence-corrected chi connectivity index (χ2v) is 7.04. The zero-order chi connectivity index (χ0) is 16.7. The van der Waals surface area contributed by atoms with Crippen molar-refractivity contribution in [1.29, 1.82) is 0 Å². The van der Waals surface area contributed by atoms with Crippen molar-refractivity contribution in [1.82, 2.24) is 19.4 Å². The van der Waals surface area contributed by atoms with Crippen LogP contribution in [0.25, 0.3) is 11.2 Å². The Labute approximate surface area is 148 Å². The van der Waals surface area contributed by atoms with Crippen LogP contribution in [-0.4, -0.2) is 38.4 Å². The highest BCUT2D eigenvalue weighted by molar-refractivity contribution is 9.10. The number of rotatable bonds is 2. The number of aromatic nitrogens is 3. The van der Waals surface area contributed by atoms with E-state index in [2.05, 4.69) is 20.9 Å². The summed E-state index contributed by atoms with van der Waals surface area (Å²) in [4.78, 5) is 23.7. The van der Waals surface area contributed by atoms with Crippen LogP contribution in [0.3, 0.4) is 0 Å². The Hall–Kier alpha value is -2.21. The number of carbonyl (C=O) groups is 1. The van der Waals surface area contributed by atoms with E-state index in [1.54, 1.807) is 6.20 Å². The van der Waals surface area contributed by atoms with Crippen molar-refractivity contribution in [3.05, 3.63) is 58.5 Å². The van der Waals surface area contributed by atoms with Gasteiger partial charge in [-0.3, -0.25) is 4.79 Å². The minimum Gasteiger partial charge on any atom is -0.338 e. The first-order valence-electron chi connectivity index (χ1n) is 7.95. The first-order valence-corrected chi connectivity index (χ1v) is 8.75. The number of benzene rings is 1. The Balaban J connectivity index is 1.57. The topological polar surface area (TPSA) is 51.0 Å². The maximum Gasteiger partial charge on any atom is 0.253 e. The lowest BCUT2D eigenvalue weighted by Gasteiger charge is -2.16. The lowest BCUT2D eigenvalue weighted by atomic mass is 10.1. The van der Waals surface area contributed by atoms with Crippen LogP contribution < -0.4 is 0 Å². The zero-order valence-corrected chi connectivity index (χ0v) is 14.9. The third kappa shape index (κ3) is 2.60. The lowest BCUT2D eigenvalue weighted by Crippen LogP contribution is -2.28. The fourth-order valence-corrected chi connectivity index (χ4v) is 3.77. The predicted octanol–water partition coefficient (Wildman–Crippen LogP) is 3.36. The molecule has 2 aromatic heterocycles. The molecule has 122 valence electrons. The molecule has 5 nitrogen and oxygen atoms in total. The third-order valence-corrected chi connectivity index (χ3v) is 5.07. The molecule has 0 unspecified atom stereocenters. The summed E-state index contributed by atoms with van der Waals surface area (Å²) in [6.07, 6.45) is 2.71. The van der Waals surface area contributed by atoms with Gasteiger partial charge < -0.3 is 9.47 Å². The van der Waals surface area contributed by atoms with E-state index in [1.165, 1.54) is 0 Å². The molecule has 0 saturated carbocycles.